The zero-order chi connectivity index (χ0) is 18.4. The lowest BCUT2D eigenvalue weighted by Gasteiger charge is -2.22. The molecular weight excluding hydrogens is 381 g/mol. The molecule has 132 valence electrons. The highest BCUT2D eigenvalue weighted by Gasteiger charge is 2.22. The van der Waals surface area contributed by atoms with Crippen LogP contribution in [0.15, 0.2) is 42.5 Å². The molecule has 0 fully saturated rings. The number of thioether (sulfide) groups is 1. The van der Waals surface area contributed by atoms with E-state index in [1.165, 1.54) is 25.8 Å². The quantitative estimate of drug-likeness (QED) is 0.700. The third-order valence-electron chi connectivity index (χ3n) is 3.39. The summed E-state index contributed by atoms with van der Waals surface area (Å²) in [6, 6.07) is 12.6. The standard InChI is InChI=1S/C18H17Cl2NO3S/c1-11(22)21-16-8-7-12(19)9-14(16)18(25-10-17(23)24-2)13-5-3-4-6-15(13)20/h3-9,18H,10H2,1-2H3,(H,21,22). The maximum Gasteiger partial charge on any atom is 0.315 e. The lowest BCUT2D eigenvalue weighted by Crippen LogP contribution is -2.12. The van der Waals surface area contributed by atoms with Gasteiger partial charge >= 0.3 is 5.97 Å². The first-order valence-electron chi connectivity index (χ1n) is 7.42. The van der Waals surface area contributed by atoms with Gasteiger partial charge in [0.25, 0.3) is 0 Å². The largest absolute Gasteiger partial charge is 0.468 e. The van der Waals surface area contributed by atoms with Crippen molar-refractivity contribution in [3.63, 3.8) is 0 Å². The second-order valence-electron chi connectivity index (χ2n) is 5.20. The smallest absolute Gasteiger partial charge is 0.315 e. The molecule has 4 nitrogen and oxygen atoms in total. The summed E-state index contributed by atoms with van der Waals surface area (Å²) in [7, 11) is 1.34. The molecular formula is C18H17Cl2NO3S. The Bertz CT molecular complexity index is 783. The molecule has 0 heterocycles. The highest BCUT2D eigenvalue weighted by Crippen LogP contribution is 2.43. The molecule has 0 aromatic heterocycles. The first-order chi connectivity index (χ1) is 11.9. The molecule has 1 N–H and O–H groups in total. The topological polar surface area (TPSA) is 55.4 Å². The van der Waals surface area contributed by atoms with Crippen molar-refractivity contribution in [3.8, 4) is 0 Å². The highest BCUT2D eigenvalue weighted by atomic mass is 35.5. The van der Waals surface area contributed by atoms with E-state index in [1.54, 1.807) is 24.3 Å². The number of benzene rings is 2. The minimum Gasteiger partial charge on any atom is -0.468 e. The van der Waals surface area contributed by atoms with Gasteiger partial charge in [-0.05, 0) is 35.4 Å². The number of nitrogens with one attached hydrogen (secondary N) is 1. The fourth-order valence-electron chi connectivity index (χ4n) is 2.30. The van der Waals surface area contributed by atoms with Crippen LogP contribution in [0.4, 0.5) is 5.69 Å². The Labute approximate surface area is 160 Å². The number of rotatable bonds is 6. The van der Waals surface area contributed by atoms with Gasteiger partial charge in [-0.15, -0.1) is 11.8 Å². The highest BCUT2D eigenvalue weighted by molar-refractivity contribution is 8.00. The van der Waals surface area contributed by atoms with Crippen molar-refractivity contribution in [1.82, 2.24) is 0 Å². The maximum atomic E-state index is 11.6. The summed E-state index contributed by atoms with van der Waals surface area (Å²) in [4.78, 5) is 23.2. The minimum atomic E-state index is -0.342. The molecule has 0 spiro atoms. The summed E-state index contributed by atoms with van der Waals surface area (Å²) < 4.78 is 4.73. The van der Waals surface area contributed by atoms with Gasteiger partial charge in [0.2, 0.25) is 5.91 Å². The van der Waals surface area contributed by atoms with Gasteiger partial charge in [-0.2, -0.15) is 0 Å². The maximum absolute atomic E-state index is 11.6. The zero-order valence-electron chi connectivity index (χ0n) is 13.7. The molecule has 0 aliphatic carbocycles. The van der Waals surface area contributed by atoms with Gasteiger partial charge in [-0.1, -0.05) is 41.4 Å². The lowest BCUT2D eigenvalue weighted by molar-refractivity contribution is -0.137. The van der Waals surface area contributed by atoms with Crippen molar-refractivity contribution in [2.75, 3.05) is 18.2 Å². The minimum absolute atomic E-state index is 0.137. The summed E-state index contributed by atoms with van der Waals surface area (Å²) in [5.41, 5.74) is 2.22. The molecule has 0 saturated carbocycles. The van der Waals surface area contributed by atoms with E-state index in [0.29, 0.717) is 15.7 Å². The van der Waals surface area contributed by atoms with E-state index < -0.39 is 0 Å². The third-order valence-corrected chi connectivity index (χ3v) is 5.21. The average Bonchev–Trinajstić information content (AvgIpc) is 2.58. The predicted octanol–water partition coefficient (Wildman–Crippen LogP) is 4.95. The van der Waals surface area contributed by atoms with Gasteiger partial charge in [0.05, 0.1) is 18.1 Å². The van der Waals surface area contributed by atoms with Crippen LogP contribution in [0.5, 0.6) is 0 Å². The van der Waals surface area contributed by atoms with Crippen LogP contribution < -0.4 is 5.32 Å². The van der Waals surface area contributed by atoms with Crippen molar-refractivity contribution >= 4 is 52.5 Å². The molecule has 7 heteroatoms. The van der Waals surface area contributed by atoms with Gasteiger partial charge in [0.15, 0.2) is 0 Å². The third kappa shape index (κ3) is 5.39. The summed E-state index contributed by atoms with van der Waals surface area (Å²) in [5.74, 6) is -0.400. The molecule has 1 amide bonds. The van der Waals surface area contributed by atoms with Crippen LogP contribution >= 0.6 is 35.0 Å². The Morgan fingerprint density at radius 1 is 1.16 bits per heavy atom. The average molecular weight is 398 g/mol. The SMILES string of the molecule is COC(=O)CSC(c1ccccc1Cl)c1cc(Cl)ccc1NC(C)=O. The second kappa shape index (κ2) is 9.13. The van der Waals surface area contributed by atoms with E-state index in [0.717, 1.165) is 11.1 Å². The van der Waals surface area contributed by atoms with Crippen LogP contribution in [0.3, 0.4) is 0 Å². The van der Waals surface area contributed by atoms with Crippen molar-refractivity contribution in [1.29, 1.82) is 0 Å². The summed E-state index contributed by atoms with van der Waals surface area (Å²) in [5, 5.41) is 3.60. The number of amides is 1. The van der Waals surface area contributed by atoms with Gasteiger partial charge in [0, 0.05) is 22.7 Å². The number of ether oxygens (including phenoxy) is 1. The Kier molecular flexibility index (Phi) is 7.17. The Balaban J connectivity index is 2.51. The fourth-order valence-corrected chi connectivity index (χ4v) is 3.97. The van der Waals surface area contributed by atoms with Gasteiger partial charge in [-0.3, -0.25) is 9.59 Å². The summed E-state index contributed by atoms with van der Waals surface area (Å²) in [6.07, 6.45) is 0. The van der Waals surface area contributed by atoms with Crippen molar-refractivity contribution in [2.45, 2.75) is 12.2 Å². The van der Waals surface area contributed by atoms with E-state index in [-0.39, 0.29) is 22.9 Å². The summed E-state index contributed by atoms with van der Waals surface area (Å²) >= 11 is 13.9. The monoisotopic (exact) mass is 397 g/mol. The second-order valence-corrected chi connectivity index (χ2v) is 7.14. The van der Waals surface area contributed by atoms with E-state index >= 15 is 0 Å². The zero-order valence-corrected chi connectivity index (χ0v) is 16.0. The van der Waals surface area contributed by atoms with Crippen molar-refractivity contribution in [3.05, 3.63) is 63.6 Å². The number of methoxy groups -OCH3 is 1. The molecule has 2 rings (SSSR count). The number of halogens is 2. The molecule has 0 aliphatic heterocycles. The van der Waals surface area contributed by atoms with Crippen LogP contribution in [0.1, 0.15) is 23.3 Å². The predicted molar refractivity (Wildman–Crippen MR) is 104 cm³/mol. The molecule has 0 saturated heterocycles. The van der Waals surface area contributed by atoms with Crippen molar-refractivity contribution in [2.24, 2.45) is 0 Å². The van der Waals surface area contributed by atoms with Gasteiger partial charge in [0.1, 0.15) is 0 Å². The fraction of sp³-hybridized carbons (Fsp3) is 0.222. The number of anilines is 1. The number of hydrogen-bond donors (Lipinski definition) is 1. The van der Waals surface area contributed by atoms with Crippen LogP contribution in [0.25, 0.3) is 0 Å². The van der Waals surface area contributed by atoms with E-state index in [4.69, 9.17) is 27.9 Å². The molecule has 2 aromatic rings. The van der Waals surface area contributed by atoms with Crippen LogP contribution in [-0.4, -0.2) is 24.7 Å². The molecule has 0 aliphatic rings. The van der Waals surface area contributed by atoms with Crippen LogP contribution in [-0.2, 0) is 14.3 Å². The molecule has 0 bridgehead atoms. The van der Waals surface area contributed by atoms with Gasteiger partial charge < -0.3 is 10.1 Å². The number of carbonyl (C=O) groups is 2. The molecule has 0 radical (unpaired) electrons. The van der Waals surface area contributed by atoms with Gasteiger partial charge in [-0.25, -0.2) is 0 Å². The number of carbonyl (C=O) groups excluding carboxylic acids is 2. The Morgan fingerprint density at radius 3 is 2.52 bits per heavy atom. The van der Waals surface area contributed by atoms with E-state index in [1.807, 2.05) is 18.2 Å². The molecule has 1 atom stereocenters. The molecule has 2 aromatic carbocycles. The first kappa shape index (κ1) is 19.6. The Morgan fingerprint density at radius 2 is 1.88 bits per heavy atom. The molecule has 1 unspecified atom stereocenters. The van der Waals surface area contributed by atoms with E-state index in [9.17, 15) is 9.59 Å². The molecule has 25 heavy (non-hydrogen) atoms. The van der Waals surface area contributed by atoms with Crippen molar-refractivity contribution < 1.29 is 14.3 Å². The summed E-state index contributed by atoms with van der Waals surface area (Å²) in [6.45, 7) is 1.44. The first-order valence-corrected chi connectivity index (χ1v) is 9.22. The normalized spacial score (nSPS) is 11.7. The lowest BCUT2D eigenvalue weighted by atomic mass is 10.0. The Hall–Kier alpha value is -1.69. The number of esters is 1. The van der Waals surface area contributed by atoms with Crippen LogP contribution in [0, 0.1) is 0 Å². The van der Waals surface area contributed by atoms with E-state index in [2.05, 4.69) is 5.32 Å². The number of hydrogen-bond acceptors (Lipinski definition) is 4. The van der Waals surface area contributed by atoms with Crippen LogP contribution in [0.2, 0.25) is 10.0 Å².